The summed E-state index contributed by atoms with van der Waals surface area (Å²) in [5.74, 6) is 5.85. The second-order valence-corrected chi connectivity index (χ2v) is 4.01. The van der Waals surface area contributed by atoms with Crippen LogP contribution in [-0.2, 0) is 0 Å². The number of hydrazine groups is 1. The van der Waals surface area contributed by atoms with E-state index in [0.29, 0.717) is 17.5 Å². The molecular weight excluding hydrogens is 233 g/mol. The number of rotatable bonds is 3. The molecule has 2 rings (SSSR count). The van der Waals surface area contributed by atoms with Crippen LogP contribution in [0, 0.1) is 19.7 Å². The van der Waals surface area contributed by atoms with Crippen LogP contribution in [0.25, 0.3) is 0 Å². The molecule has 18 heavy (non-hydrogen) atoms. The number of benzene rings is 1. The number of hydrogen-bond donors (Lipinski definition) is 3. The van der Waals surface area contributed by atoms with Gasteiger partial charge in [0, 0.05) is 17.4 Å². The Balaban J connectivity index is 2.33. The molecule has 1 heterocycles. The van der Waals surface area contributed by atoms with Crippen LogP contribution in [-0.4, -0.2) is 9.97 Å². The number of nitrogen functional groups attached to an aromatic ring is 1. The number of nitrogens with zero attached hydrogens (tertiary/aromatic N) is 2. The van der Waals surface area contributed by atoms with Gasteiger partial charge in [0.15, 0.2) is 0 Å². The predicted octanol–water partition coefficient (Wildman–Crippen LogP) is 2.26. The molecule has 0 unspecified atom stereocenters. The Kier molecular flexibility index (Phi) is 3.38. The van der Waals surface area contributed by atoms with Crippen molar-refractivity contribution in [2.24, 2.45) is 5.84 Å². The Morgan fingerprint density at radius 2 is 2.00 bits per heavy atom. The Bertz CT molecular complexity index is 550. The van der Waals surface area contributed by atoms with Crippen molar-refractivity contribution in [3.8, 4) is 0 Å². The standard InChI is InChI=1S/C12H14FN5/c1-7-3-9(13)5-10(4-7)16-11-8(2)6-15-12(17-11)18-14/h3-6H,14H2,1-2H3,(H2,15,16,17,18). The van der Waals surface area contributed by atoms with Crippen LogP contribution in [0.3, 0.4) is 0 Å². The molecule has 0 radical (unpaired) electrons. The summed E-state index contributed by atoms with van der Waals surface area (Å²) in [6.07, 6.45) is 1.64. The fraction of sp³-hybridized carbons (Fsp3) is 0.167. The minimum Gasteiger partial charge on any atom is -0.340 e. The van der Waals surface area contributed by atoms with E-state index in [0.717, 1.165) is 11.1 Å². The van der Waals surface area contributed by atoms with E-state index in [1.807, 2.05) is 19.9 Å². The minimum absolute atomic E-state index is 0.290. The van der Waals surface area contributed by atoms with Gasteiger partial charge in [-0.25, -0.2) is 15.2 Å². The largest absolute Gasteiger partial charge is 0.340 e. The highest BCUT2D eigenvalue weighted by molar-refractivity contribution is 5.60. The first-order chi connectivity index (χ1) is 8.58. The van der Waals surface area contributed by atoms with Gasteiger partial charge in [-0.3, -0.25) is 5.43 Å². The van der Waals surface area contributed by atoms with Gasteiger partial charge in [-0.2, -0.15) is 4.98 Å². The van der Waals surface area contributed by atoms with E-state index in [1.54, 1.807) is 6.20 Å². The molecule has 6 heteroatoms. The van der Waals surface area contributed by atoms with E-state index in [2.05, 4.69) is 20.7 Å². The first-order valence-corrected chi connectivity index (χ1v) is 5.43. The zero-order chi connectivity index (χ0) is 13.1. The summed E-state index contributed by atoms with van der Waals surface area (Å²) in [5.41, 5.74) is 4.68. The molecule has 94 valence electrons. The molecule has 0 amide bonds. The van der Waals surface area contributed by atoms with Gasteiger partial charge < -0.3 is 5.32 Å². The normalized spacial score (nSPS) is 10.2. The summed E-state index contributed by atoms with van der Waals surface area (Å²) < 4.78 is 13.3. The molecule has 0 aliphatic carbocycles. The third kappa shape index (κ3) is 2.72. The third-order valence-electron chi connectivity index (χ3n) is 2.41. The molecular formula is C12H14FN5. The van der Waals surface area contributed by atoms with Crippen molar-refractivity contribution >= 4 is 17.5 Å². The molecule has 5 nitrogen and oxygen atoms in total. The van der Waals surface area contributed by atoms with Crippen LogP contribution < -0.4 is 16.6 Å². The van der Waals surface area contributed by atoms with Crippen molar-refractivity contribution in [2.75, 3.05) is 10.7 Å². The maximum Gasteiger partial charge on any atom is 0.239 e. The smallest absolute Gasteiger partial charge is 0.239 e. The SMILES string of the molecule is Cc1cc(F)cc(Nc2nc(NN)ncc2C)c1. The van der Waals surface area contributed by atoms with Crippen LogP contribution in [0.2, 0.25) is 0 Å². The van der Waals surface area contributed by atoms with Gasteiger partial charge in [0.2, 0.25) is 5.95 Å². The number of halogens is 1. The summed E-state index contributed by atoms with van der Waals surface area (Å²) >= 11 is 0. The monoisotopic (exact) mass is 247 g/mol. The summed E-state index contributed by atoms with van der Waals surface area (Å²) in [7, 11) is 0. The number of nitrogens with two attached hydrogens (primary N) is 1. The summed E-state index contributed by atoms with van der Waals surface area (Å²) in [6, 6.07) is 4.70. The Labute approximate surface area is 104 Å². The first kappa shape index (κ1) is 12.3. The molecule has 0 saturated heterocycles. The van der Waals surface area contributed by atoms with Crippen molar-refractivity contribution in [3.05, 3.63) is 41.3 Å². The predicted molar refractivity (Wildman–Crippen MR) is 69.0 cm³/mol. The molecule has 0 bridgehead atoms. The Hall–Kier alpha value is -2.21. The van der Waals surface area contributed by atoms with E-state index < -0.39 is 0 Å². The maximum atomic E-state index is 13.3. The lowest BCUT2D eigenvalue weighted by Gasteiger charge is -2.10. The lowest BCUT2D eigenvalue weighted by Crippen LogP contribution is -2.11. The van der Waals surface area contributed by atoms with Crippen LogP contribution >= 0.6 is 0 Å². The zero-order valence-electron chi connectivity index (χ0n) is 10.2. The lowest BCUT2D eigenvalue weighted by atomic mass is 10.2. The molecule has 0 aliphatic rings. The molecule has 0 saturated carbocycles. The van der Waals surface area contributed by atoms with Crippen molar-refractivity contribution in [3.63, 3.8) is 0 Å². The molecule has 4 N–H and O–H groups in total. The van der Waals surface area contributed by atoms with Crippen molar-refractivity contribution in [1.82, 2.24) is 9.97 Å². The Morgan fingerprint density at radius 3 is 2.67 bits per heavy atom. The Morgan fingerprint density at radius 1 is 1.22 bits per heavy atom. The van der Waals surface area contributed by atoms with Gasteiger partial charge in [-0.15, -0.1) is 0 Å². The van der Waals surface area contributed by atoms with Gasteiger partial charge in [-0.1, -0.05) is 0 Å². The highest BCUT2D eigenvalue weighted by Crippen LogP contribution is 2.20. The van der Waals surface area contributed by atoms with Crippen LogP contribution in [0.4, 0.5) is 21.8 Å². The highest BCUT2D eigenvalue weighted by atomic mass is 19.1. The maximum absolute atomic E-state index is 13.3. The summed E-state index contributed by atoms with van der Waals surface area (Å²) in [6.45, 7) is 3.68. The number of anilines is 3. The van der Waals surface area contributed by atoms with Crippen LogP contribution in [0.1, 0.15) is 11.1 Å². The van der Waals surface area contributed by atoms with E-state index in [4.69, 9.17) is 5.84 Å². The second-order valence-electron chi connectivity index (χ2n) is 4.01. The van der Waals surface area contributed by atoms with E-state index in [1.165, 1.54) is 12.1 Å². The van der Waals surface area contributed by atoms with E-state index >= 15 is 0 Å². The molecule has 1 aromatic heterocycles. The van der Waals surface area contributed by atoms with Gasteiger partial charge >= 0.3 is 0 Å². The summed E-state index contributed by atoms with van der Waals surface area (Å²) in [4.78, 5) is 8.14. The topological polar surface area (TPSA) is 75.9 Å². The molecule has 0 atom stereocenters. The molecule has 1 aromatic carbocycles. The first-order valence-electron chi connectivity index (χ1n) is 5.43. The molecule has 0 aliphatic heterocycles. The second kappa shape index (κ2) is 4.97. The number of aromatic nitrogens is 2. The van der Waals surface area contributed by atoms with E-state index in [-0.39, 0.29) is 5.82 Å². The average molecular weight is 247 g/mol. The van der Waals surface area contributed by atoms with Crippen LogP contribution in [0.15, 0.2) is 24.4 Å². The zero-order valence-corrected chi connectivity index (χ0v) is 10.2. The lowest BCUT2D eigenvalue weighted by molar-refractivity contribution is 0.627. The molecule has 2 aromatic rings. The number of aryl methyl sites for hydroxylation is 2. The van der Waals surface area contributed by atoms with Crippen molar-refractivity contribution < 1.29 is 4.39 Å². The number of nitrogens with one attached hydrogen (secondary N) is 2. The summed E-state index contributed by atoms with van der Waals surface area (Å²) in [5, 5.41) is 3.04. The van der Waals surface area contributed by atoms with E-state index in [9.17, 15) is 4.39 Å². The fourth-order valence-corrected chi connectivity index (χ4v) is 1.58. The quantitative estimate of drug-likeness (QED) is 0.573. The minimum atomic E-state index is -0.290. The van der Waals surface area contributed by atoms with Crippen molar-refractivity contribution in [1.29, 1.82) is 0 Å². The van der Waals surface area contributed by atoms with Crippen molar-refractivity contribution in [2.45, 2.75) is 13.8 Å². The average Bonchev–Trinajstić information content (AvgIpc) is 2.30. The highest BCUT2D eigenvalue weighted by Gasteiger charge is 2.05. The fourth-order valence-electron chi connectivity index (χ4n) is 1.58. The molecule has 0 fully saturated rings. The van der Waals surface area contributed by atoms with Crippen LogP contribution in [0.5, 0.6) is 0 Å². The van der Waals surface area contributed by atoms with Gasteiger partial charge in [0.05, 0.1) is 0 Å². The van der Waals surface area contributed by atoms with Gasteiger partial charge in [0.25, 0.3) is 0 Å². The molecule has 0 spiro atoms. The van der Waals surface area contributed by atoms with Gasteiger partial charge in [-0.05, 0) is 37.6 Å². The third-order valence-corrected chi connectivity index (χ3v) is 2.41. The number of hydrogen-bond acceptors (Lipinski definition) is 5. The van der Waals surface area contributed by atoms with Gasteiger partial charge in [0.1, 0.15) is 11.6 Å².